The number of anilines is 1. The van der Waals surface area contributed by atoms with Gasteiger partial charge in [0.25, 0.3) is 5.91 Å². The SMILES string of the molecule is Cc1cccc(-c2ocnc2C(=O)Nc2ccc(C)c(F)c2)c1. The number of aryl methyl sites for hydroxylation is 2. The molecule has 0 atom stereocenters. The summed E-state index contributed by atoms with van der Waals surface area (Å²) in [5.74, 6) is -0.431. The largest absolute Gasteiger partial charge is 0.443 e. The number of hydrogen-bond acceptors (Lipinski definition) is 3. The number of carbonyl (C=O) groups excluding carboxylic acids is 1. The van der Waals surface area contributed by atoms with Crippen LogP contribution in [0, 0.1) is 19.7 Å². The van der Waals surface area contributed by atoms with Crippen LogP contribution in [0.3, 0.4) is 0 Å². The van der Waals surface area contributed by atoms with Gasteiger partial charge in [0, 0.05) is 11.3 Å². The minimum Gasteiger partial charge on any atom is -0.443 e. The van der Waals surface area contributed by atoms with Crippen molar-refractivity contribution in [2.45, 2.75) is 13.8 Å². The molecule has 1 N–H and O–H groups in total. The van der Waals surface area contributed by atoms with Gasteiger partial charge in [-0.15, -0.1) is 0 Å². The van der Waals surface area contributed by atoms with Crippen LogP contribution in [0.25, 0.3) is 11.3 Å². The molecule has 1 heterocycles. The van der Waals surface area contributed by atoms with Crippen LogP contribution in [0.2, 0.25) is 0 Å². The molecule has 5 heteroatoms. The molecule has 0 aliphatic carbocycles. The van der Waals surface area contributed by atoms with Crippen LogP contribution in [-0.4, -0.2) is 10.9 Å². The summed E-state index contributed by atoms with van der Waals surface area (Å²) in [7, 11) is 0. The van der Waals surface area contributed by atoms with Crippen molar-refractivity contribution < 1.29 is 13.6 Å². The fraction of sp³-hybridized carbons (Fsp3) is 0.111. The van der Waals surface area contributed by atoms with Crippen LogP contribution in [0.1, 0.15) is 21.6 Å². The van der Waals surface area contributed by atoms with Gasteiger partial charge in [0.2, 0.25) is 0 Å². The van der Waals surface area contributed by atoms with E-state index in [1.807, 2.05) is 31.2 Å². The first-order chi connectivity index (χ1) is 11.0. The number of nitrogens with one attached hydrogen (secondary N) is 1. The molecule has 0 bridgehead atoms. The molecule has 1 aromatic heterocycles. The summed E-state index contributed by atoms with van der Waals surface area (Å²) in [6.45, 7) is 3.61. The third-order valence-electron chi connectivity index (χ3n) is 3.49. The van der Waals surface area contributed by atoms with E-state index in [4.69, 9.17) is 4.42 Å². The summed E-state index contributed by atoms with van der Waals surface area (Å²) in [4.78, 5) is 16.4. The number of aromatic nitrogens is 1. The Bertz CT molecular complexity index is 871. The fourth-order valence-corrected chi connectivity index (χ4v) is 2.26. The van der Waals surface area contributed by atoms with Gasteiger partial charge in [-0.3, -0.25) is 4.79 Å². The van der Waals surface area contributed by atoms with Gasteiger partial charge in [-0.05, 0) is 37.6 Å². The summed E-state index contributed by atoms with van der Waals surface area (Å²) in [6, 6.07) is 12.1. The quantitative estimate of drug-likeness (QED) is 0.782. The number of nitrogens with zero attached hydrogens (tertiary/aromatic N) is 1. The Morgan fingerprint density at radius 2 is 2.00 bits per heavy atom. The van der Waals surface area contributed by atoms with Crippen molar-refractivity contribution in [3.05, 3.63) is 71.5 Å². The molecule has 1 amide bonds. The third kappa shape index (κ3) is 3.13. The van der Waals surface area contributed by atoms with Crippen LogP contribution in [0.4, 0.5) is 10.1 Å². The summed E-state index contributed by atoms with van der Waals surface area (Å²) < 4.78 is 18.9. The highest BCUT2D eigenvalue weighted by Crippen LogP contribution is 2.25. The normalized spacial score (nSPS) is 10.6. The van der Waals surface area contributed by atoms with Gasteiger partial charge in [0.15, 0.2) is 17.8 Å². The molecule has 0 aliphatic rings. The third-order valence-corrected chi connectivity index (χ3v) is 3.49. The molecule has 0 radical (unpaired) electrons. The lowest BCUT2D eigenvalue weighted by atomic mass is 10.1. The van der Waals surface area contributed by atoms with E-state index in [-0.39, 0.29) is 11.5 Å². The fourth-order valence-electron chi connectivity index (χ4n) is 2.26. The number of amides is 1. The van der Waals surface area contributed by atoms with Gasteiger partial charge in [0.05, 0.1) is 0 Å². The number of benzene rings is 2. The summed E-state index contributed by atoms with van der Waals surface area (Å²) in [5.41, 5.74) is 2.87. The Morgan fingerprint density at radius 3 is 2.74 bits per heavy atom. The molecule has 2 aromatic carbocycles. The molecule has 0 saturated carbocycles. The maximum atomic E-state index is 13.6. The monoisotopic (exact) mass is 310 g/mol. The lowest BCUT2D eigenvalue weighted by molar-refractivity contribution is 0.102. The molecule has 116 valence electrons. The van der Waals surface area contributed by atoms with Crippen LogP contribution >= 0.6 is 0 Å². The smallest absolute Gasteiger partial charge is 0.278 e. The van der Waals surface area contributed by atoms with Crippen LogP contribution < -0.4 is 5.32 Å². The first kappa shape index (κ1) is 15.0. The number of carbonyl (C=O) groups is 1. The Balaban J connectivity index is 1.89. The van der Waals surface area contributed by atoms with E-state index in [9.17, 15) is 9.18 Å². The number of oxazole rings is 1. The Morgan fingerprint density at radius 1 is 1.17 bits per heavy atom. The van der Waals surface area contributed by atoms with Crippen LogP contribution in [0.15, 0.2) is 53.3 Å². The lowest BCUT2D eigenvalue weighted by Crippen LogP contribution is -2.13. The van der Waals surface area contributed by atoms with Gasteiger partial charge in [0.1, 0.15) is 5.82 Å². The van der Waals surface area contributed by atoms with E-state index in [1.54, 1.807) is 19.1 Å². The first-order valence-electron chi connectivity index (χ1n) is 7.12. The number of hydrogen-bond donors (Lipinski definition) is 1. The zero-order valence-corrected chi connectivity index (χ0v) is 12.8. The highest BCUT2D eigenvalue weighted by molar-refractivity contribution is 6.06. The van der Waals surface area contributed by atoms with Crippen LogP contribution in [-0.2, 0) is 0 Å². The second kappa shape index (κ2) is 6.04. The Hall–Kier alpha value is -2.95. The van der Waals surface area contributed by atoms with E-state index in [0.717, 1.165) is 11.1 Å². The molecule has 0 saturated heterocycles. The van der Waals surface area contributed by atoms with Crippen molar-refractivity contribution in [3.63, 3.8) is 0 Å². The molecule has 0 spiro atoms. The van der Waals surface area contributed by atoms with E-state index in [1.165, 1.54) is 12.5 Å². The molecule has 3 aromatic rings. The van der Waals surface area contributed by atoms with Crippen molar-refractivity contribution in [1.82, 2.24) is 4.98 Å². The average Bonchev–Trinajstić information content (AvgIpc) is 3.00. The van der Waals surface area contributed by atoms with Gasteiger partial charge in [-0.25, -0.2) is 9.37 Å². The minimum absolute atomic E-state index is 0.164. The standard InChI is InChI=1S/C18H15FN2O2/c1-11-4-3-5-13(8-11)17-16(20-10-23-17)18(22)21-14-7-6-12(2)15(19)9-14/h3-10H,1-2H3,(H,21,22). The second-order valence-electron chi connectivity index (χ2n) is 5.32. The molecule has 4 nitrogen and oxygen atoms in total. The van der Waals surface area contributed by atoms with Crippen LogP contribution in [0.5, 0.6) is 0 Å². The highest BCUT2D eigenvalue weighted by Gasteiger charge is 2.18. The predicted octanol–water partition coefficient (Wildman–Crippen LogP) is 4.35. The summed E-state index contributed by atoms with van der Waals surface area (Å²) in [5, 5.41) is 2.64. The molecule has 23 heavy (non-hydrogen) atoms. The van der Waals surface area contributed by atoms with Crippen molar-refractivity contribution in [3.8, 4) is 11.3 Å². The van der Waals surface area contributed by atoms with Gasteiger partial charge in [-0.1, -0.05) is 29.8 Å². The van der Waals surface area contributed by atoms with E-state index in [0.29, 0.717) is 17.0 Å². The zero-order valence-electron chi connectivity index (χ0n) is 12.8. The zero-order chi connectivity index (χ0) is 16.4. The average molecular weight is 310 g/mol. The van der Waals surface area contributed by atoms with E-state index < -0.39 is 5.91 Å². The van der Waals surface area contributed by atoms with Crippen molar-refractivity contribution >= 4 is 11.6 Å². The number of rotatable bonds is 3. The Kier molecular flexibility index (Phi) is 3.93. The van der Waals surface area contributed by atoms with Crippen molar-refractivity contribution in [2.24, 2.45) is 0 Å². The van der Waals surface area contributed by atoms with E-state index in [2.05, 4.69) is 10.3 Å². The number of halogens is 1. The second-order valence-corrected chi connectivity index (χ2v) is 5.32. The lowest BCUT2D eigenvalue weighted by Gasteiger charge is -2.06. The maximum Gasteiger partial charge on any atom is 0.278 e. The molecular formula is C18H15FN2O2. The molecule has 3 rings (SSSR count). The van der Waals surface area contributed by atoms with Crippen molar-refractivity contribution in [1.29, 1.82) is 0 Å². The highest BCUT2D eigenvalue weighted by atomic mass is 19.1. The van der Waals surface area contributed by atoms with Gasteiger partial charge >= 0.3 is 0 Å². The van der Waals surface area contributed by atoms with Gasteiger partial charge in [-0.2, -0.15) is 0 Å². The summed E-state index contributed by atoms with van der Waals surface area (Å²) in [6.07, 6.45) is 1.22. The molecule has 0 unspecified atom stereocenters. The maximum absolute atomic E-state index is 13.6. The first-order valence-corrected chi connectivity index (χ1v) is 7.12. The predicted molar refractivity (Wildman–Crippen MR) is 85.8 cm³/mol. The van der Waals surface area contributed by atoms with Crippen molar-refractivity contribution in [2.75, 3.05) is 5.32 Å². The molecule has 0 fully saturated rings. The Labute approximate surface area is 133 Å². The van der Waals surface area contributed by atoms with Gasteiger partial charge < -0.3 is 9.73 Å². The minimum atomic E-state index is -0.446. The molecular weight excluding hydrogens is 295 g/mol. The molecule has 0 aliphatic heterocycles. The topological polar surface area (TPSA) is 55.1 Å². The summed E-state index contributed by atoms with van der Waals surface area (Å²) >= 11 is 0. The van der Waals surface area contributed by atoms with E-state index >= 15 is 0 Å².